The summed E-state index contributed by atoms with van der Waals surface area (Å²) in [5.74, 6) is 0.615. The Morgan fingerprint density at radius 2 is 2.43 bits per heavy atom. The molecule has 4 heteroatoms. The second-order valence-electron chi connectivity index (χ2n) is 3.77. The molecule has 1 saturated carbocycles. The maximum atomic E-state index is 11.6. The number of alkyl halides is 1. The molecule has 1 aliphatic carbocycles. The number of hydrogen-bond acceptors (Lipinski definition) is 2. The van der Waals surface area contributed by atoms with Crippen LogP contribution in [0.4, 0.5) is 0 Å². The van der Waals surface area contributed by atoms with E-state index in [0.717, 1.165) is 18.4 Å². The van der Waals surface area contributed by atoms with Crippen molar-refractivity contribution in [1.82, 2.24) is 5.32 Å². The highest BCUT2D eigenvalue weighted by Crippen LogP contribution is 2.36. The quantitative estimate of drug-likeness (QED) is 0.788. The maximum absolute atomic E-state index is 11.6. The maximum Gasteiger partial charge on any atom is 0.224 e. The fourth-order valence-electron chi connectivity index (χ4n) is 1.36. The first kappa shape index (κ1) is 9.99. The Labute approximate surface area is 92.3 Å². The van der Waals surface area contributed by atoms with Crippen LogP contribution in [-0.2, 0) is 11.2 Å². The molecule has 0 aromatic carbocycles. The molecule has 0 saturated heterocycles. The van der Waals surface area contributed by atoms with Gasteiger partial charge in [0.1, 0.15) is 0 Å². The third kappa shape index (κ3) is 2.28. The highest BCUT2D eigenvalue weighted by atomic mass is 35.5. The number of nitrogens with one attached hydrogen (secondary N) is 1. The molecule has 2 nitrogen and oxygen atoms in total. The Balaban J connectivity index is 1.85. The van der Waals surface area contributed by atoms with Gasteiger partial charge in [0.25, 0.3) is 0 Å². The van der Waals surface area contributed by atoms with Crippen LogP contribution in [0, 0.1) is 0 Å². The van der Waals surface area contributed by atoms with Gasteiger partial charge in [-0.05, 0) is 35.2 Å². The minimum Gasteiger partial charge on any atom is -0.349 e. The normalized spacial score (nSPS) is 17.8. The zero-order valence-corrected chi connectivity index (χ0v) is 9.33. The van der Waals surface area contributed by atoms with E-state index in [-0.39, 0.29) is 11.4 Å². The molecule has 0 aliphatic heterocycles. The fourth-order valence-corrected chi connectivity index (χ4v) is 2.36. The summed E-state index contributed by atoms with van der Waals surface area (Å²) in [6.45, 7) is 0. The fraction of sp³-hybridized carbons (Fsp3) is 0.500. The molecule has 1 aromatic rings. The van der Waals surface area contributed by atoms with Gasteiger partial charge in [-0.3, -0.25) is 4.79 Å². The highest BCUT2D eigenvalue weighted by molar-refractivity contribution is 7.07. The summed E-state index contributed by atoms with van der Waals surface area (Å²) in [5.41, 5.74) is 1.01. The lowest BCUT2D eigenvalue weighted by Gasteiger charge is -2.13. The molecule has 1 amide bonds. The second-order valence-corrected chi connectivity index (χ2v) is 4.82. The molecule has 1 N–H and O–H groups in total. The van der Waals surface area contributed by atoms with Crippen molar-refractivity contribution < 1.29 is 4.79 Å². The summed E-state index contributed by atoms with van der Waals surface area (Å²) in [4.78, 5) is 11.6. The van der Waals surface area contributed by atoms with Crippen LogP contribution < -0.4 is 5.32 Å². The van der Waals surface area contributed by atoms with Crippen LogP contribution in [0.1, 0.15) is 18.4 Å². The van der Waals surface area contributed by atoms with E-state index < -0.39 is 0 Å². The summed E-state index contributed by atoms with van der Waals surface area (Å²) < 4.78 is 0. The van der Waals surface area contributed by atoms with E-state index in [4.69, 9.17) is 11.6 Å². The third-order valence-electron chi connectivity index (χ3n) is 2.46. The Morgan fingerprint density at radius 3 is 2.93 bits per heavy atom. The summed E-state index contributed by atoms with van der Waals surface area (Å²) in [6, 6.07) is 1.98. The van der Waals surface area contributed by atoms with Crippen LogP contribution in [0.15, 0.2) is 16.8 Å². The average Bonchev–Trinajstić information content (AvgIpc) is 2.74. The standard InChI is InChI=1S/C10H12ClNOS/c11-7-10(2-3-10)12-9(13)5-8-1-4-14-6-8/h1,4,6H,2-3,5,7H2,(H,12,13). The van der Waals surface area contributed by atoms with E-state index in [1.165, 1.54) is 0 Å². The summed E-state index contributed by atoms with van der Waals surface area (Å²) >= 11 is 7.38. The van der Waals surface area contributed by atoms with Gasteiger partial charge in [0.05, 0.1) is 12.0 Å². The van der Waals surface area contributed by atoms with E-state index in [1.54, 1.807) is 11.3 Å². The molecule has 0 bridgehead atoms. The van der Waals surface area contributed by atoms with E-state index in [2.05, 4.69) is 5.32 Å². The van der Waals surface area contributed by atoms with E-state index in [0.29, 0.717) is 12.3 Å². The molecule has 2 rings (SSSR count). The smallest absolute Gasteiger partial charge is 0.224 e. The molecular weight excluding hydrogens is 218 g/mol. The molecule has 0 spiro atoms. The largest absolute Gasteiger partial charge is 0.349 e. The van der Waals surface area contributed by atoms with Crippen LogP contribution in [0.2, 0.25) is 0 Å². The Bertz CT molecular complexity index is 319. The predicted octanol–water partition coefficient (Wildman–Crippen LogP) is 2.18. The summed E-state index contributed by atoms with van der Waals surface area (Å²) in [7, 11) is 0. The van der Waals surface area contributed by atoms with Gasteiger partial charge in [-0.2, -0.15) is 11.3 Å². The number of carbonyl (C=O) groups is 1. The molecule has 1 aliphatic rings. The number of amides is 1. The van der Waals surface area contributed by atoms with Gasteiger partial charge < -0.3 is 5.32 Å². The number of halogens is 1. The number of thiophene rings is 1. The topological polar surface area (TPSA) is 29.1 Å². The van der Waals surface area contributed by atoms with Gasteiger partial charge in [-0.15, -0.1) is 11.6 Å². The van der Waals surface area contributed by atoms with E-state index in [9.17, 15) is 4.79 Å². The summed E-state index contributed by atoms with van der Waals surface area (Å²) in [5, 5.41) is 6.97. The molecule has 0 atom stereocenters. The van der Waals surface area contributed by atoms with Crippen molar-refractivity contribution >= 4 is 28.8 Å². The van der Waals surface area contributed by atoms with Gasteiger partial charge in [0.15, 0.2) is 0 Å². The third-order valence-corrected chi connectivity index (χ3v) is 3.70. The Kier molecular flexibility index (Phi) is 2.79. The number of carbonyl (C=O) groups excluding carboxylic acids is 1. The molecule has 1 heterocycles. The van der Waals surface area contributed by atoms with Crippen molar-refractivity contribution in [3.05, 3.63) is 22.4 Å². The lowest BCUT2D eigenvalue weighted by molar-refractivity contribution is -0.121. The SMILES string of the molecule is O=C(Cc1ccsc1)NC1(CCl)CC1. The zero-order valence-electron chi connectivity index (χ0n) is 7.75. The Hall–Kier alpha value is -0.540. The first-order valence-corrected chi connectivity index (χ1v) is 6.10. The lowest BCUT2D eigenvalue weighted by atomic mass is 10.2. The molecule has 76 valence electrons. The van der Waals surface area contributed by atoms with Crippen molar-refractivity contribution in [2.75, 3.05) is 5.88 Å². The molecular formula is C10H12ClNOS. The molecule has 1 fully saturated rings. The van der Waals surface area contributed by atoms with E-state index in [1.807, 2.05) is 16.8 Å². The zero-order chi connectivity index (χ0) is 10.0. The van der Waals surface area contributed by atoms with Crippen LogP contribution >= 0.6 is 22.9 Å². The van der Waals surface area contributed by atoms with Crippen LogP contribution in [0.25, 0.3) is 0 Å². The highest BCUT2D eigenvalue weighted by Gasteiger charge is 2.42. The van der Waals surface area contributed by atoms with Gasteiger partial charge >= 0.3 is 0 Å². The summed E-state index contributed by atoms with van der Waals surface area (Å²) in [6.07, 6.45) is 2.51. The first-order valence-electron chi connectivity index (χ1n) is 4.62. The van der Waals surface area contributed by atoms with Crippen LogP contribution in [0.3, 0.4) is 0 Å². The van der Waals surface area contributed by atoms with E-state index >= 15 is 0 Å². The van der Waals surface area contributed by atoms with Crippen molar-refractivity contribution in [2.45, 2.75) is 24.8 Å². The van der Waals surface area contributed by atoms with Crippen molar-refractivity contribution in [3.63, 3.8) is 0 Å². The molecule has 1 aromatic heterocycles. The van der Waals surface area contributed by atoms with Gasteiger partial charge in [-0.1, -0.05) is 0 Å². The van der Waals surface area contributed by atoms with Gasteiger partial charge in [0.2, 0.25) is 5.91 Å². The van der Waals surface area contributed by atoms with Crippen LogP contribution in [-0.4, -0.2) is 17.3 Å². The van der Waals surface area contributed by atoms with Gasteiger partial charge in [-0.25, -0.2) is 0 Å². The predicted molar refractivity (Wildman–Crippen MR) is 58.9 cm³/mol. The monoisotopic (exact) mass is 229 g/mol. The van der Waals surface area contributed by atoms with Crippen molar-refractivity contribution in [1.29, 1.82) is 0 Å². The minimum atomic E-state index is -0.0747. The number of hydrogen-bond donors (Lipinski definition) is 1. The average molecular weight is 230 g/mol. The van der Waals surface area contributed by atoms with Gasteiger partial charge in [0, 0.05) is 5.88 Å². The second kappa shape index (κ2) is 3.91. The Morgan fingerprint density at radius 1 is 1.64 bits per heavy atom. The van der Waals surface area contributed by atoms with Crippen LogP contribution in [0.5, 0.6) is 0 Å². The molecule has 14 heavy (non-hydrogen) atoms. The van der Waals surface area contributed by atoms with Crippen molar-refractivity contribution in [2.24, 2.45) is 0 Å². The lowest BCUT2D eigenvalue weighted by Crippen LogP contribution is -2.39. The van der Waals surface area contributed by atoms with Crippen molar-refractivity contribution in [3.8, 4) is 0 Å². The minimum absolute atomic E-state index is 0.0747. The molecule has 0 unspecified atom stereocenters. The molecule has 0 radical (unpaired) electrons. The first-order chi connectivity index (χ1) is 6.74. The number of rotatable bonds is 4.